The Labute approximate surface area is 97.7 Å². The van der Waals surface area contributed by atoms with Crippen molar-refractivity contribution in [1.82, 2.24) is 14.8 Å². The topological polar surface area (TPSA) is 64.1 Å². The zero-order valence-corrected chi connectivity index (χ0v) is 9.55. The summed E-state index contributed by atoms with van der Waals surface area (Å²) in [6, 6.07) is 3.25. The standard InChI is InChI=1S/C10H12ClN3O2/c1-2-14-10(12-6-13-14)5-7(15)8-3-4-9(11)16-8/h3-4,6-7,15H,2,5H2,1H3. The van der Waals surface area contributed by atoms with E-state index in [4.69, 9.17) is 16.0 Å². The van der Waals surface area contributed by atoms with Crippen molar-refractivity contribution in [1.29, 1.82) is 0 Å². The highest BCUT2D eigenvalue weighted by atomic mass is 35.5. The van der Waals surface area contributed by atoms with Gasteiger partial charge in [-0.3, -0.25) is 4.68 Å². The second-order valence-electron chi connectivity index (χ2n) is 3.35. The summed E-state index contributed by atoms with van der Waals surface area (Å²) in [5.74, 6) is 1.16. The second kappa shape index (κ2) is 4.67. The predicted octanol–water partition coefficient (Wildman–Crippen LogP) is 1.82. The van der Waals surface area contributed by atoms with Crippen LogP contribution in [-0.4, -0.2) is 19.9 Å². The molecule has 0 amide bonds. The molecule has 0 aromatic carbocycles. The molecule has 0 saturated heterocycles. The number of rotatable bonds is 4. The Balaban J connectivity index is 2.10. The quantitative estimate of drug-likeness (QED) is 0.887. The molecule has 0 aliphatic heterocycles. The first-order chi connectivity index (χ1) is 7.70. The molecule has 2 aromatic rings. The number of hydrogen-bond donors (Lipinski definition) is 1. The van der Waals surface area contributed by atoms with Crippen molar-refractivity contribution in [2.75, 3.05) is 0 Å². The van der Waals surface area contributed by atoms with Gasteiger partial charge in [0.25, 0.3) is 0 Å². The molecule has 86 valence electrons. The number of halogens is 1. The fraction of sp³-hybridized carbons (Fsp3) is 0.400. The Morgan fingerprint density at radius 1 is 1.56 bits per heavy atom. The van der Waals surface area contributed by atoms with E-state index < -0.39 is 6.10 Å². The fourth-order valence-corrected chi connectivity index (χ4v) is 1.64. The van der Waals surface area contributed by atoms with E-state index in [0.717, 1.165) is 12.4 Å². The Kier molecular flexibility index (Phi) is 3.26. The number of aliphatic hydroxyl groups excluding tert-OH is 1. The van der Waals surface area contributed by atoms with Gasteiger partial charge >= 0.3 is 0 Å². The lowest BCUT2D eigenvalue weighted by Crippen LogP contribution is -2.09. The van der Waals surface area contributed by atoms with Gasteiger partial charge in [-0.1, -0.05) is 0 Å². The highest BCUT2D eigenvalue weighted by Crippen LogP contribution is 2.22. The van der Waals surface area contributed by atoms with Gasteiger partial charge in [-0.2, -0.15) is 5.10 Å². The van der Waals surface area contributed by atoms with Crippen LogP contribution in [0.5, 0.6) is 0 Å². The lowest BCUT2D eigenvalue weighted by atomic mass is 10.2. The van der Waals surface area contributed by atoms with Crippen LogP contribution < -0.4 is 0 Å². The van der Waals surface area contributed by atoms with Crippen molar-refractivity contribution >= 4 is 11.6 Å². The normalized spacial score (nSPS) is 12.9. The third-order valence-electron chi connectivity index (χ3n) is 2.29. The maximum atomic E-state index is 9.89. The summed E-state index contributed by atoms with van der Waals surface area (Å²) >= 11 is 5.63. The minimum atomic E-state index is -0.748. The smallest absolute Gasteiger partial charge is 0.193 e. The molecule has 2 heterocycles. The first-order valence-corrected chi connectivity index (χ1v) is 5.38. The summed E-state index contributed by atoms with van der Waals surface area (Å²) < 4.78 is 6.86. The van der Waals surface area contributed by atoms with Crippen LogP contribution in [0.4, 0.5) is 0 Å². The van der Waals surface area contributed by atoms with Crippen LogP contribution in [-0.2, 0) is 13.0 Å². The van der Waals surface area contributed by atoms with Crippen LogP contribution in [0, 0.1) is 0 Å². The monoisotopic (exact) mass is 241 g/mol. The molecule has 0 radical (unpaired) electrons. The minimum Gasteiger partial charge on any atom is -0.447 e. The van der Waals surface area contributed by atoms with Crippen LogP contribution in [0.1, 0.15) is 24.6 Å². The van der Waals surface area contributed by atoms with Gasteiger partial charge in [-0.05, 0) is 30.7 Å². The van der Waals surface area contributed by atoms with Crippen LogP contribution in [0.15, 0.2) is 22.9 Å². The van der Waals surface area contributed by atoms with Crippen molar-refractivity contribution in [2.45, 2.75) is 26.0 Å². The Morgan fingerprint density at radius 2 is 2.38 bits per heavy atom. The Hall–Kier alpha value is -1.33. The molecule has 16 heavy (non-hydrogen) atoms. The highest BCUT2D eigenvalue weighted by Gasteiger charge is 2.15. The van der Waals surface area contributed by atoms with E-state index in [1.165, 1.54) is 6.33 Å². The van der Waals surface area contributed by atoms with Crippen LogP contribution in [0.25, 0.3) is 0 Å². The van der Waals surface area contributed by atoms with E-state index in [2.05, 4.69) is 10.1 Å². The predicted molar refractivity (Wildman–Crippen MR) is 58.1 cm³/mol. The number of aryl methyl sites for hydroxylation is 1. The number of furan rings is 1. The van der Waals surface area contributed by atoms with Gasteiger partial charge in [-0.15, -0.1) is 0 Å². The van der Waals surface area contributed by atoms with Crippen LogP contribution >= 0.6 is 11.6 Å². The number of aliphatic hydroxyl groups is 1. The maximum Gasteiger partial charge on any atom is 0.193 e. The first kappa shape index (κ1) is 11.2. The zero-order chi connectivity index (χ0) is 11.5. The molecule has 1 atom stereocenters. The van der Waals surface area contributed by atoms with E-state index in [1.54, 1.807) is 16.8 Å². The maximum absolute atomic E-state index is 9.89. The minimum absolute atomic E-state index is 0.269. The average molecular weight is 242 g/mol. The lowest BCUT2D eigenvalue weighted by Gasteiger charge is -2.07. The SMILES string of the molecule is CCn1ncnc1CC(O)c1ccc(Cl)o1. The van der Waals surface area contributed by atoms with Crippen molar-refractivity contribution in [3.8, 4) is 0 Å². The van der Waals surface area contributed by atoms with E-state index in [0.29, 0.717) is 12.2 Å². The van der Waals surface area contributed by atoms with Crippen molar-refractivity contribution in [3.63, 3.8) is 0 Å². The molecule has 1 unspecified atom stereocenters. The van der Waals surface area contributed by atoms with Gasteiger partial charge in [-0.25, -0.2) is 4.98 Å². The fourth-order valence-electron chi connectivity index (χ4n) is 1.49. The molecule has 6 heteroatoms. The van der Waals surface area contributed by atoms with Gasteiger partial charge in [0.05, 0.1) is 0 Å². The number of nitrogens with zero attached hydrogens (tertiary/aromatic N) is 3. The van der Waals surface area contributed by atoms with Gasteiger partial charge in [0.15, 0.2) is 5.22 Å². The molecule has 2 rings (SSSR count). The second-order valence-corrected chi connectivity index (χ2v) is 3.73. The summed E-state index contributed by atoms with van der Waals surface area (Å²) in [5.41, 5.74) is 0. The summed E-state index contributed by atoms with van der Waals surface area (Å²) in [7, 11) is 0. The van der Waals surface area contributed by atoms with Crippen molar-refractivity contribution in [2.24, 2.45) is 0 Å². The molecule has 1 N–H and O–H groups in total. The summed E-state index contributed by atoms with van der Waals surface area (Å²) in [4.78, 5) is 4.08. The molecule has 0 saturated carbocycles. The number of hydrogen-bond acceptors (Lipinski definition) is 4. The highest BCUT2D eigenvalue weighted by molar-refractivity contribution is 6.28. The van der Waals surface area contributed by atoms with Crippen LogP contribution in [0.3, 0.4) is 0 Å². The summed E-state index contributed by atoms with van der Waals surface area (Å²) in [5, 5.41) is 14.2. The third kappa shape index (κ3) is 2.25. The van der Waals surface area contributed by atoms with E-state index in [9.17, 15) is 5.11 Å². The van der Waals surface area contributed by atoms with Crippen LogP contribution in [0.2, 0.25) is 5.22 Å². The molecule has 0 bridgehead atoms. The molecule has 2 aromatic heterocycles. The van der Waals surface area contributed by atoms with Gasteiger partial charge in [0.1, 0.15) is 24.0 Å². The Bertz CT molecular complexity index is 466. The van der Waals surface area contributed by atoms with Gasteiger partial charge in [0.2, 0.25) is 0 Å². The molecule has 5 nitrogen and oxygen atoms in total. The van der Waals surface area contributed by atoms with E-state index >= 15 is 0 Å². The molecular weight excluding hydrogens is 230 g/mol. The molecule has 0 fully saturated rings. The molecule has 0 spiro atoms. The van der Waals surface area contributed by atoms with Gasteiger partial charge < -0.3 is 9.52 Å². The number of aromatic nitrogens is 3. The molecule has 0 aliphatic rings. The average Bonchev–Trinajstić information content (AvgIpc) is 2.86. The Morgan fingerprint density at radius 3 is 3.00 bits per heavy atom. The summed E-state index contributed by atoms with van der Waals surface area (Å²) in [6.07, 6.45) is 1.08. The van der Waals surface area contributed by atoms with Crippen molar-refractivity contribution in [3.05, 3.63) is 35.3 Å². The van der Waals surface area contributed by atoms with E-state index in [-0.39, 0.29) is 5.22 Å². The summed E-state index contributed by atoms with van der Waals surface area (Å²) in [6.45, 7) is 2.69. The third-order valence-corrected chi connectivity index (χ3v) is 2.50. The van der Waals surface area contributed by atoms with E-state index in [1.807, 2.05) is 6.92 Å². The lowest BCUT2D eigenvalue weighted by molar-refractivity contribution is 0.146. The molecule has 0 aliphatic carbocycles. The largest absolute Gasteiger partial charge is 0.447 e. The first-order valence-electron chi connectivity index (χ1n) is 5.00. The molecular formula is C10H12ClN3O2. The zero-order valence-electron chi connectivity index (χ0n) is 8.80. The van der Waals surface area contributed by atoms with Gasteiger partial charge in [0, 0.05) is 13.0 Å². The van der Waals surface area contributed by atoms with Crippen molar-refractivity contribution < 1.29 is 9.52 Å².